The van der Waals surface area contributed by atoms with Crippen LogP contribution in [0, 0.1) is 13.8 Å². The Bertz CT molecular complexity index is 704. The third-order valence-electron chi connectivity index (χ3n) is 3.23. The van der Waals surface area contributed by atoms with Crippen molar-refractivity contribution in [2.24, 2.45) is 0 Å². The summed E-state index contributed by atoms with van der Waals surface area (Å²) in [5.74, 6) is 0. The maximum absolute atomic E-state index is 12.4. The molecule has 6 nitrogen and oxygen atoms in total. The molecule has 2 heterocycles. The van der Waals surface area contributed by atoms with Gasteiger partial charge in [-0.25, -0.2) is 13.1 Å². The summed E-state index contributed by atoms with van der Waals surface area (Å²) in [6.07, 6.45) is 0. The Morgan fingerprint density at radius 3 is 2.71 bits per heavy atom. The Labute approximate surface area is 129 Å². The van der Waals surface area contributed by atoms with Crippen LogP contribution in [-0.4, -0.2) is 25.2 Å². The monoisotopic (exact) mass is 328 g/mol. The fourth-order valence-corrected chi connectivity index (χ4v) is 4.05. The topological polar surface area (TPSA) is 86.9 Å². The normalized spacial score (nSPS) is 12.0. The van der Waals surface area contributed by atoms with Crippen LogP contribution in [0.3, 0.4) is 0 Å². The Morgan fingerprint density at radius 2 is 2.10 bits per heavy atom. The van der Waals surface area contributed by atoms with Gasteiger partial charge in [0.2, 0.25) is 0 Å². The molecule has 0 atom stereocenters. The van der Waals surface area contributed by atoms with E-state index in [1.807, 2.05) is 32.2 Å². The fraction of sp³-hybridized carbons (Fsp3) is 0.462. The zero-order chi connectivity index (χ0) is 15.5. The number of rotatable bonds is 7. The van der Waals surface area contributed by atoms with Crippen LogP contribution in [0.25, 0.3) is 0 Å². The number of nitrogens with one attached hydrogen (secondary N) is 3. The maximum atomic E-state index is 12.4. The highest BCUT2D eigenvalue weighted by atomic mass is 32.2. The SMILES string of the molecule is CCNCc1c(S(=O)(=O)NCc2sccc2C)n[nH]c1C. The summed E-state index contributed by atoms with van der Waals surface area (Å²) in [5.41, 5.74) is 2.55. The molecule has 0 aliphatic rings. The van der Waals surface area contributed by atoms with Crippen LogP contribution in [0.15, 0.2) is 16.5 Å². The molecule has 0 spiro atoms. The molecule has 0 radical (unpaired) electrons. The molecule has 0 saturated carbocycles. The van der Waals surface area contributed by atoms with E-state index in [0.29, 0.717) is 18.7 Å². The van der Waals surface area contributed by atoms with Crippen molar-refractivity contribution in [1.29, 1.82) is 0 Å². The molecule has 21 heavy (non-hydrogen) atoms. The van der Waals surface area contributed by atoms with Gasteiger partial charge >= 0.3 is 0 Å². The van der Waals surface area contributed by atoms with E-state index in [2.05, 4.69) is 20.2 Å². The minimum Gasteiger partial charge on any atom is -0.313 e. The van der Waals surface area contributed by atoms with E-state index in [0.717, 1.165) is 22.7 Å². The average Bonchev–Trinajstić information content (AvgIpc) is 3.01. The molecule has 0 aliphatic heterocycles. The Hall–Kier alpha value is -1.22. The molecule has 116 valence electrons. The highest BCUT2D eigenvalue weighted by Crippen LogP contribution is 2.19. The first-order valence-electron chi connectivity index (χ1n) is 6.73. The van der Waals surface area contributed by atoms with Crippen LogP contribution in [-0.2, 0) is 23.1 Å². The van der Waals surface area contributed by atoms with E-state index in [1.165, 1.54) is 0 Å². The van der Waals surface area contributed by atoms with Crippen LogP contribution in [0.5, 0.6) is 0 Å². The number of aromatic amines is 1. The molecule has 8 heteroatoms. The number of thiophene rings is 1. The number of aromatic nitrogens is 2. The van der Waals surface area contributed by atoms with Crippen LogP contribution in [0.2, 0.25) is 0 Å². The number of H-pyrrole nitrogens is 1. The van der Waals surface area contributed by atoms with Gasteiger partial charge in [-0.1, -0.05) is 6.92 Å². The summed E-state index contributed by atoms with van der Waals surface area (Å²) in [7, 11) is -3.62. The number of nitrogens with zero attached hydrogens (tertiary/aromatic N) is 1. The van der Waals surface area contributed by atoms with Crippen LogP contribution >= 0.6 is 11.3 Å². The quantitative estimate of drug-likeness (QED) is 0.721. The minimum absolute atomic E-state index is 0.0789. The van der Waals surface area contributed by atoms with Gasteiger partial charge in [0.1, 0.15) is 0 Å². The van der Waals surface area contributed by atoms with Crippen molar-refractivity contribution in [2.45, 2.75) is 38.9 Å². The molecule has 3 N–H and O–H groups in total. The van der Waals surface area contributed by atoms with Crippen molar-refractivity contribution in [1.82, 2.24) is 20.2 Å². The largest absolute Gasteiger partial charge is 0.313 e. The Kier molecular flexibility index (Phi) is 5.15. The van der Waals surface area contributed by atoms with Gasteiger partial charge in [0, 0.05) is 29.2 Å². The standard InChI is InChI=1S/C13H20N4O2S2/c1-4-14-7-11-10(3)16-17-13(11)21(18,19)15-8-12-9(2)5-6-20-12/h5-6,14-15H,4,7-8H2,1-3H3,(H,16,17). The molecular formula is C13H20N4O2S2. The van der Waals surface area contributed by atoms with Gasteiger partial charge in [0.05, 0.1) is 0 Å². The van der Waals surface area contributed by atoms with Gasteiger partial charge in [0.15, 0.2) is 5.03 Å². The van der Waals surface area contributed by atoms with Crippen LogP contribution in [0.1, 0.15) is 28.6 Å². The van der Waals surface area contributed by atoms with Gasteiger partial charge < -0.3 is 5.32 Å². The van der Waals surface area contributed by atoms with Gasteiger partial charge in [0.25, 0.3) is 10.0 Å². The summed E-state index contributed by atoms with van der Waals surface area (Å²) < 4.78 is 27.5. The Morgan fingerprint density at radius 1 is 1.33 bits per heavy atom. The summed E-state index contributed by atoms with van der Waals surface area (Å²) in [6.45, 7) is 7.30. The molecule has 0 saturated heterocycles. The highest BCUT2D eigenvalue weighted by molar-refractivity contribution is 7.89. The van der Waals surface area contributed by atoms with E-state index in [9.17, 15) is 8.42 Å². The smallest absolute Gasteiger partial charge is 0.260 e. The first-order valence-corrected chi connectivity index (χ1v) is 9.09. The lowest BCUT2D eigenvalue weighted by atomic mass is 10.2. The lowest BCUT2D eigenvalue weighted by molar-refractivity contribution is 0.574. The Balaban J connectivity index is 2.18. The van der Waals surface area contributed by atoms with Crippen LogP contribution < -0.4 is 10.0 Å². The molecule has 0 fully saturated rings. The second-order valence-corrected chi connectivity index (χ2v) is 7.45. The first-order chi connectivity index (χ1) is 9.95. The molecule has 0 amide bonds. The van der Waals surface area contributed by atoms with Crippen molar-refractivity contribution in [2.75, 3.05) is 6.54 Å². The molecule has 2 aromatic rings. The lowest BCUT2D eigenvalue weighted by Gasteiger charge is -2.07. The molecule has 2 rings (SSSR count). The summed E-state index contributed by atoms with van der Waals surface area (Å²) in [4.78, 5) is 1.01. The third-order valence-corrected chi connectivity index (χ3v) is 5.63. The highest BCUT2D eigenvalue weighted by Gasteiger charge is 2.23. The number of sulfonamides is 1. The van der Waals surface area contributed by atoms with E-state index >= 15 is 0 Å². The molecule has 0 aliphatic carbocycles. The molecule has 0 aromatic carbocycles. The lowest BCUT2D eigenvalue weighted by Crippen LogP contribution is -2.25. The molecule has 0 bridgehead atoms. The molecular weight excluding hydrogens is 308 g/mol. The van der Waals surface area contributed by atoms with Crippen molar-refractivity contribution < 1.29 is 8.42 Å². The number of hydrogen-bond donors (Lipinski definition) is 3. The minimum atomic E-state index is -3.62. The van der Waals surface area contributed by atoms with Crippen molar-refractivity contribution in [3.63, 3.8) is 0 Å². The van der Waals surface area contributed by atoms with Gasteiger partial charge in [-0.05, 0) is 37.4 Å². The summed E-state index contributed by atoms with van der Waals surface area (Å²) >= 11 is 1.54. The molecule has 2 aromatic heterocycles. The van der Waals surface area contributed by atoms with E-state index in [1.54, 1.807) is 11.3 Å². The van der Waals surface area contributed by atoms with Crippen molar-refractivity contribution in [3.05, 3.63) is 33.1 Å². The number of hydrogen-bond acceptors (Lipinski definition) is 5. The van der Waals surface area contributed by atoms with E-state index < -0.39 is 10.0 Å². The zero-order valence-electron chi connectivity index (χ0n) is 12.4. The van der Waals surface area contributed by atoms with Gasteiger partial charge in [-0.15, -0.1) is 11.3 Å². The number of aryl methyl sites for hydroxylation is 2. The average molecular weight is 328 g/mol. The predicted octanol–water partition coefficient (Wildman–Crippen LogP) is 1.68. The third kappa shape index (κ3) is 3.70. The predicted molar refractivity (Wildman–Crippen MR) is 83.8 cm³/mol. The zero-order valence-corrected chi connectivity index (χ0v) is 14.0. The van der Waals surface area contributed by atoms with Crippen molar-refractivity contribution >= 4 is 21.4 Å². The summed E-state index contributed by atoms with van der Waals surface area (Å²) in [6, 6.07) is 1.98. The first kappa shape index (κ1) is 16.2. The maximum Gasteiger partial charge on any atom is 0.260 e. The summed E-state index contributed by atoms with van der Waals surface area (Å²) in [5, 5.41) is 11.9. The fourth-order valence-electron chi connectivity index (χ4n) is 1.92. The van der Waals surface area contributed by atoms with E-state index in [-0.39, 0.29) is 5.03 Å². The second kappa shape index (κ2) is 6.69. The molecule has 0 unspecified atom stereocenters. The second-order valence-electron chi connectivity index (χ2n) is 4.76. The van der Waals surface area contributed by atoms with Gasteiger partial charge in [-0.3, -0.25) is 5.10 Å². The van der Waals surface area contributed by atoms with Crippen LogP contribution in [0.4, 0.5) is 0 Å². The van der Waals surface area contributed by atoms with E-state index in [4.69, 9.17) is 0 Å². The van der Waals surface area contributed by atoms with Gasteiger partial charge in [-0.2, -0.15) is 5.10 Å². The van der Waals surface area contributed by atoms with Crippen molar-refractivity contribution in [3.8, 4) is 0 Å².